The molecule has 3 aromatic rings. The van der Waals surface area contributed by atoms with Gasteiger partial charge in [-0.05, 0) is 49.0 Å². The first-order chi connectivity index (χ1) is 16.7. The molecule has 0 spiro atoms. The Kier molecular flexibility index (Phi) is 7.15. The number of nitro groups is 1. The van der Waals surface area contributed by atoms with E-state index in [1.165, 1.54) is 22.7 Å². The predicted molar refractivity (Wildman–Crippen MR) is 130 cm³/mol. The molecule has 0 radical (unpaired) electrons. The number of piperazine rings is 1. The molecule has 1 saturated heterocycles. The molecule has 12 heteroatoms. The summed E-state index contributed by atoms with van der Waals surface area (Å²) in [5, 5.41) is 17.4. The maximum Gasteiger partial charge on any atom is 0.293 e. The van der Waals surface area contributed by atoms with Crippen molar-refractivity contribution in [1.82, 2.24) is 9.21 Å². The summed E-state index contributed by atoms with van der Waals surface area (Å²) in [5.41, 5.74) is 1.15. The minimum absolute atomic E-state index is 0.109. The van der Waals surface area contributed by atoms with Crippen molar-refractivity contribution in [2.24, 2.45) is 0 Å². The number of amides is 1. The molecule has 2 heterocycles. The summed E-state index contributed by atoms with van der Waals surface area (Å²) in [4.78, 5) is 25.2. The maximum absolute atomic E-state index is 13.0. The number of sulfonamides is 1. The van der Waals surface area contributed by atoms with E-state index in [2.05, 4.69) is 10.6 Å². The standard InChI is InChI=1S/C23H25N5O6S/c1-26-9-11-27(12-10-26)35(32,33)19-7-8-20(21(15-19)28(30)31)24-16-17-4-2-5-18(14-17)25-23(29)22-6-3-13-34-22/h2-8,13-15,24H,9-12,16H2,1H3,(H,25,29). The van der Waals surface area contributed by atoms with Crippen LogP contribution in [0.3, 0.4) is 0 Å². The number of hydrogen-bond donors (Lipinski definition) is 2. The summed E-state index contributed by atoms with van der Waals surface area (Å²) in [6.07, 6.45) is 1.41. The summed E-state index contributed by atoms with van der Waals surface area (Å²) in [5.74, 6) is -0.219. The highest BCUT2D eigenvalue weighted by molar-refractivity contribution is 7.89. The van der Waals surface area contributed by atoms with Crippen molar-refractivity contribution >= 4 is 33.0 Å². The van der Waals surface area contributed by atoms with Crippen LogP contribution in [0.4, 0.5) is 17.1 Å². The Labute approximate surface area is 202 Å². The number of rotatable bonds is 8. The van der Waals surface area contributed by atoms with Crippen LogP contribution in [0.2, 0.25) is 0 Å². The second-order valence-electron chi connectivity index (χ2n) is 8.13. The highest BCUT2D eigenvalue weighted by Crippen LogP contribution is 2.30. The van der Waals surface area contributed by atoms with Crippen molar-refractivity contribution < 1.29 is 22.6 Å². The summed E-state index contributed by atoms with van der Waals surface area (Å²) in [6, 6.07) is 14.0. The number of benzene rings is 2. The molecule has 11 nitrogen and oxygen atoms in total. The van der Waals surface area contributed by atoms with Gasteiger partial charge in [0, 0.05) is 44.5 Å². The van der Waals surface area contributed by atoms with Crippen molar-refractivity contribution in [2.75, 3.05) is 43.9 Å². The summed E-state index contributed by atoms with van der Waals surface area (Å²) in [6.45, 7) is 2.08. The third-order valence-corrected chi connectivity index (χ3v) is 7.57. The topological polar surface area (TPSA) is 138 Å². The van der Waals surface area contributed by atoms with E-state index >= 15 is 0 Å². The van der Waals surface area contributed by atoms with Gasteiger partial charge in [0.2, 0.25) is 10.0 Å². The lowest BCUT2D eigenvalue weighted by Gasteiger charge is -2.31. The van der Waals surface area contributed by atoms with Crippen LogP contribution in [0.5, 0.6) is 0 Å². The van der Waals surface area contributed by atoms with Crippen LogP contribution in [0, 0.1) is 10.1 Å². The second-order valence-corrected chi connectivity index (χ2v) is 10.1. The van der Waals surface area contributed by atoms with E-state index in [0.29, 0.717) is 31.9 Å². The molecular weight excluding hydrogens is 474 g/mol. The van der Waals surface area contributed by atoms with Gasteiger partial charge in [0.05, 0.1) is 16.1 Å². The second kappa shape index (κ2) is 10.3. The molecule has 0 bridgehead atoms. The molecule has 35 heavy (non-hydrogen) atoms. The van der Waals surface area contributed by atoms with Crippen molar-refractivity contribution in [3.63, 3.8) is 0 Å². The Balaban J connectivity index is 1.48. The molecule has 184 valence electrons. The lowest BCUT2D eigenvalue weighted by molar-refractivity contribution is -0.384. The van der Waals surface area contributed by atoms with Gasteiger partial charge in [-0.25, -0.2) is 8.42 Å². The molecule has 4 rings (SSSR count). The highest BCUT2D eigenvalue weighted by atomic mass is 32.2. The molecule has 0 unspecified atom stereocenters. The number of carbonyl (C=O) groups is 1. The van der Waals surface area contributed by atoms with Gasteiger partial charge in [-0.15, -0.1) is 0 Å². The summed E-state index contributed by atoms with van der Waals surface area (Å²) < 4.78 is 32.4. The molecular formula is C23H25N5O6S. The maximum atomic E-state index is 13.0. The van der Waals surface area contributed by atoms with E-state index in [9.17, 15) is 23.3 Å². The highest BCUT2D eigenvalue weighted by Gasteiger charge is 2.29. The van der Waals surface area contributed by atoms with E-state index in [-0.39, 0.29) is 28.6 Å². The third-order valence-electron chi connectivity index (χ3n) is 5.68. The number of carbonyl (C=O) groups excluding carboxylic acids is 1. The number of nitro benzene ring substituents is 1. The number of anilines is 2. The van der Waals surface area contributed by atoms with Gasteiger partial charge < -0.3 is 20.0 Å². The van der Waals surface area contributed by atoms with Crippen molar-refractivity contribution in [1.29, 1.82) is 0 Å². The average Bonchev–Trinajstić information content (AvgIpc) is 3.38. The van der Waals surface area contributed by atoms with Crippen LogP contribution in [0.25, 0.3) is 0 Å². The van der Waals surface area contributed by atoms with Crippen LogP contribution >= 0.6 is 0 Å². The van der Waals surface area contributed by atoms with Gasteiger partial charge in [-0.1, -0.05) is 12.1 Å². The molecule has 1 amide bonds. The molecule has 1 aromatic heterocycles. The first-order valence-corrected chi connectivity index (χ1v) is 12.3. The minimum atomic E-state index is -3.83. The van der Waals surface area contributed by atoms with Crippen LogP contribution in [-0.4, -0.2) is 61.7 Å². The minimum Gasteiger partial charge on any atom is -0.459 e. The number of furan rings is 1. The lowest BCUT2D eigenvalue weighted by Crippen LogP contribution is -2.47. The molecule has 0 aliphatic carbocycles. The fourth-order valence-electron chi connectivity index (χ4n) is 3.71. The molecule has 1 aliphatic rings. The summed E-state index contributed by atoms with van der Waals surface area (Å²) in [7, 11) is -1.92. The quantitative estimate of drug-likeness (QED) is 0.356. The van der Waals surface area contributed by atoms with Crippen LogP contribution < -0.4 is 10.6 Å². The largest absolute Gasteiger partial charge is 0.459 e. The lowest BCUT2D eigenvalue weighted by atomic mass is 10.2. The van der Waals surface area contributed by atoms with Gasteiger partial charge in [0.25, 0.3) is 11.6 Å². The fraction of sp³-hybridized carbons (Fsp3) is 0.261. The molecule has 2 aromatic carbocycles. The normalized spacial score (nSPS) is 15.0. The average molecular weight is 500 g/mol. The van der Waals surface area contributed by atoms with Crippen molar-refractivity contribution in [3.8, 4) is 0 Å². The van der Waals surface area contributed by atoms with Gasteiger partial charge in [0.1, 0.15) is 5.69 Å². The Morgan fingerprint density at radius 1 is 1.09 bits per heavy atom. The summed E-state index contributed by atoms with van der Waals surface area (Å²) >= 11 is 0. The Morgan fingerprint density at radius 3 is 2.54 bits per heavy atom. The smallest absolute Gasteiger partial charge is 0.293 e. The first-order valence-electron chi connectivity index (χ1n) is 10.9. The monoisotopic (exact) mass is 499 g/mol. The van der Waals surface area contributed by atoms with Crippen LogP contribution in [0.1, 0.15) is 16.1 Å². The predicted octanol–water partition coefficient (Wildman–Crippen LogP) is 2.99. The zero-order valence-electron chi connectivity index (χ0n) is 19.0. The zero-order chi connectivity index (χ0) is 25.0. The molecule has 1 fully saturated rings. The van der Waals surface area contributed by atoms with Crippen molar-refractivity contribution in [2.45, 2.75) is 11.4 Å². The zero-order valence-corrected chi connectivity index (χ0v) is 19.8. The molecule has 2 N–H and O–H groups in total. The number of hydrogen-bond acceptors (Lipinski definition) is 8. The molecule has 0 saturated carbocycles. The van der Waals surface area contributed by atoms with E-state index in [1.54, 1.807) is 36.4 Å². The van der Waals surface area contributed by atoms with Gasteiger partial charge >= 0.3 is 0 Å². The van der Waals surface area contributed by atoms with E-state index in [1.807, 2.05) is 11.9 Å². The number of nitrogens with zero attached hydrogens (tertiary/aromatic N) is 3. The van der Waals surface area contributed by atoms with Crippen LogP contribution in [-0.2, 0) is 16.6 Å². The van der Waals surface area contributed by atoms with E-state index in [0.717, 1.165) is 11.6 Å². The Bertz CT molecular complexity index is 1320. The van der Waals surface area contributed by atoms with Gasteiger partial charge in [0.15, 0.2) is 5.76 Å². The van der Waals surface area contributed by atoms with E-state index in [4.69, 9.17) is 4.42 Å². The van der Waals surface area contributed by atoms with E-state index < -0.39 is 20.9 Å². The fourth-order valence-corrected chi connectivity index (χ4v) is 5.15. The first kappa shape index (κ1) is 24.4. The SMILES string of the molecule is CN1CCN(S(=O)(=O)c2ccc(NCc3cccc(NC(=O)c4ccco4)c3)c([N+](=O)[O-])c2)CC1. The molecule has 0 atom stereocenters. The van der Waals surface area contributed by atoms with Crippen molar-refractivity contribution in [3.05, 3.63) is 82.3 Å². The number of nitrogens with one attached hydrogen (secondary N) is 2. The van der Waals surface area contributed by atoms with Gasteiger partial charge in [-0.2, -0.15) is 4.31 Å². The Hall–Kier alpha value is -3.74. The van der Waals surface area contributed by atoms with Crippen LogP contribution in [0.15, 0.2) is 70.2 Å². The third kappa shape index (κ3) is 5.67. The number of likely N-dealkylation sites (N-methyl/N-ethyl adjacent to an activating group) is 1. The molecule has 1 aliphatic heterocycles. The Morgan fingerprint density at radius 2 is 1.86 bits per heavy atom. The van der Waals surface area contributed by atoms with Gasteiger partial charge in [-0.3, -0.25) is 14.9 Å².